The zero-order chi connectivity index (χ0) is 30.6. The first-order valence-corrected chi connectivity index (χ1v) is 10.4. The van der Waals surface area contributed by atoms with E-state index in [1.54, 1.807) is 24.3 Å². The number of benzene rings is 2. The first-order valence-electron chi connectivity index (χ1n) is 10.4. The minimum atomic E-state index is -5.19. The van der Waals surface area contributed by atoms with Gasteiger partial charge in [-0.3, -0.25) is 10.8 Å². The largest absolute Gasteiger partial charge is 0.550 e. The number of hydrogen-bond donors (Lipinski definition) is 4. The molecular formula is C23H21F6N4O6-3. The van der Waals surface area contributed by atoms with Crippen LogP contribution in [0, 0.1) is 10.8 Å². The first-order chi connectivity index (χ1) is 17.7. The lowest BCUT2D eigenvalue weighted by Gasteiger charge is -2.18. The van der Waals surface area contributed by atoms with Crippen molar-refractivity contribution < 1.29 is 56.0 Å². The zero-order valence-electron chi connectivity index (χ0n) is 19.7. The highest BCUT2D eigenvalue weighted by Gasteiger charge is 2.29. The summed E-state index contributed by atoms with van der Waals surface area (Å²) in [6.07, 6.45) is -9.11. The van der Waals surface area contributed by atoms with E-state index in [0.29, 0.717) is 24.0 Å². The number of amidine groups is 2. The molecule has 2 aromatic carbocycles. The van der Waals surface area contributed by atoms with Gasteiger partial charge in [-0.2, -0.15) is 26.3 Å². The molecule has 1 atom stereocenters. The Morgan fingerprint density at radius 1 is 0.718 bits per heavy atom. The molecule has 0 bridgehead atoms. The van der Waals surface area contributed by atoms with Gasteiger partial charge in [0.15, 0.2) is 0 Å². The minimum Gasteiger partial charge on any atom is -0.550 e. The molecule has 2 rings (SSSR count). The van der Waals surface area contributed by atoms with Gasteiger partial charge in [-0.15, -0.1) is 0 Å². The summed E-state index contributed by atoms with van der Waals surface area (Å²) in [5.74, 6) is -7.29. The van der Waals surface area contributed by atoms with Gasteiger partial charge < -0.3 is 41.2 Å². The number of hydrogen-bond acceptors (Lipinski definition) is 8. The van der Waals surface area contributed by atoms with Crippen LogP contribution in [0.4, 0.5) is 26.3 Å². The van der Waals surface area contributed by atoms with Gasteiger partial charge in [0, 0.05) is 17.1 Å². The van der Waals surface area contributed by atoms with Crippen LogP contribution in [0.5, 0.6) is 0 Å². The Bertz CT molecular complexity index is 1130. The molecule has 214 valence electrons. The molecule has 0 aliphatic heterocycles. The molecular weight excluding hydrogens is 542 g/mol. The second-order valence-electron chi connectivity index (χ2n) is 7.53. The smallest absolute Gasteiger partial charge is 0.430 e. The molecule has 0 aromatic heterocycles. The molecule has 0 radical (unpaired) electrons. The van der Waals surface area contributed by atoms with Crippen molar-refractivity contribution in [1.82, 2.24) is 0 Å². The highest BCUT2D eigenvalue weighted by atomic mass is 19.4. The fourth-order valence-corrected chi connectivity index (χ4v) is 2.71. The molecule has 1 unspecified atom stereocenters. The van der Waals surface area contributed by atoms with Crippen molar-refractivity contribution in [1.29, 1.82) is 10.8 Å². The Morgan fingerprint density at radius 2 is 1.05 bits per heavy atom. The van der Waals surface area contributed by atoms with Crippen molar-refractivity contribution in [2.24, 2.45) is 11.5 Å². The van der Waals surface area contributed by atoms with Gasteiger partial charge in [0.2, 0.25) is 0 Å². The number of aryl methyl sites for hydroxylation is 1. The SMILES string of the molecule is N=C(N)c1ccc(CCC(CC(=O)[O-])c2ccc(C(=N)N)cc2)cc1.O=C([O-])C(F)(F)F.O=C([O-])C(F)(F)F. The molecule has 0 amide bonds. The van der Waals surface area contributed by atoms with Gasteiger partial charge in [-0.05, 0) is 36.3 Å². The molecule has 0 saturated heterocycles. The summed E-state index contributed by atoms with van der Waals surface area (Å²) in [6, 6.07) is 14.4. The van der Waals surface area contributed by atoms with Gasteiger partial charge >= 0.3 is 12.4 Å². The third kappa shape index (κ3) is 14.0. The van der Waals surface area contributed by atoms with Crippen LogP contribution < -0.4 is 26.8 Å². The molecule has 0 heterocycles. The van der Waals surface area contributed by atoms with Gasteiger partial charge in [-0.25, -0.2) is 0 Å². The summed E-state index contributed by atoms with van der Waals surface area (Å²) in [7, 11) is 0. The van der Waals surface area contributed by atoms with Crippen LogP contribution in [0.3, 0.4) is 0 Å². The predicted octanol–water partition coefficient (Wildman–Crippen LogP) is -0.292. The van der Waals surface area contributed by atoms with Gasteiger partial charge in [0.1, 0.15) is 23.6 Å². The summed E-state index contributed by atoms with van der Waals surface area (Å²) in [5, 5.41) is 43.5. The molecule has 10 nitrogen and oxygen atoms in total. The summed E-state index contributed by atoms with van der Waals surface area (Å²) in [4.78, 5) is 28.7. The summed E-state index contributed by atoms with van der Waals surface area (Å²) in [6.45, 7) is 0. The second kappa shape index (κ2) is 14.9. The van der Waals surface area contributed by atoms with E-state index in [9.17, 15) is 36.2 Å². The van der Waals surface area contributed by atoms with E-state index in [1.165, 1.54) is 0 Å². The number of carboxylic acids is 3. The van der Waals surface area contributed by atoms with Crippen LogP contribution in [-0.2, 0) is 20.8 Å². The van der Waals surface area contributed by atoms with Crippen molar-refractivity contribution >= 4 is 29.6 Å². The van der Waals surface area contributed by atoms with Crippen molar-refractivity contribution in [3.8, 4) is 0 Å². The quantitative estimate of drug-likeness (QED) is 0.189. The van der Waals surface area contributed by atoms with Crippen LogP contribution in [0.25, 0.3) is 0 Å². The van der Waals surface area contributed by atoms with Gasteiger partial charge in [-0.1, -0.05) is 48.5 Å². The number of halogens is 6. The standard InChI is InChI=1S/C19H22N4O2.2C2HF3O2/c20-18(21)14-4-1-12(2-5-14)3-6-16(11-17(24)25)13-7-9-15(10-8-13)19(22)23;2*3-2(4,5)1(6)7/h1-2,4-5,7-10,16H,3,6,11H2,(H3,20,21)(H3,22,23)(H,24,25);2*(H,6,7)/p-3. The topological polar surface area (TPSA) is 220 Å². The lowest BCUT2D eigenvalue weighted by atomic mass is 9.89. The number of carboxylic acid groups (broad SMARTS) is 3. The molecule has 0 saturated carbocycles. The Labute approximate surface area is 216 Å². The molecule has 2 aromatic rings. The number of nitrogen functional groups attached to an aromatic ring is 2. The Morgan fingerprint density at radius 3 is 1.33 bits per heavy atom. The van der Waals surface area contributed by atoms with Crippen LogP contribution >= 0.6 is 0 Å². The fourth-order valence-electron chi connectivity index (χ4n) is 2.71. The molecule has 0 aliphatic rings. The van der Waals surface area contributed by atoms with Gasteiger partial charge in [0.25, 0.3) is 0 Å². The molecule has 0 spiro atoms. The molecule has 39 heavy (non-hydrogen) atoms. The number of carbonyl (C=O) groups excluding carboxylic acids is 3. The van der Waals surface area contributed by atoms with E-state index in [0.717, 1.165) is 11.1 Å². The Hall–Kier alpha value is -4.63. The van der Waals surface area contributed by atoms with Gasteiger partial charge in [0.05, 0.1) is 0 Å². The summed E-state index contributed by atoms with van der Waals surface area (Å²) >= 11 is 0. The van der Waals surface area contributed by atoms with Crippen LogP contribution in [0.15, 0.2) is 48.5 Å². The number of nitrogens with two attached hydrogens (primary N) is 2. The Kier molecular flexibility index (Phi) is 13.2. The number of nitrogens with one attached hydrogen (secondary N) is 2. The van der Waals surface area contributed by atoms with E-state index in [-0.39, 0.29) is 24.0 Å². The molecule has 0 fully saturated rings. The first kappa shape index (κ1) is 34.4. The zero-order valence-corrected chi connectivity index (χ0v) is 19.7. The number of aliphatic carboxylic acids is 3. The third-order valence-corrected chi connectivity index (χ3v) is 4.62. The normalized spacial score (nSPS) is 11.5. The lowest BCUT2D eigenvalue weighted by Crippen LogP contribution is -2.37. The van der Waals surface area contributed by atoms with E-state index >= 15 is 0 Å². The number of alkyl halides is 6. The maximum atomic E-state index is 11.1. The van der Waals surface area contributed by atoms with E-state index in [2.05, 4.69) is 0 Å². The Balaban J connectivity index is 0.000000848. The third-order valence-electron chi connectivity index (χ3n) is 4.62. The summed E-state index contributed by atoms with van der Waals surface area (Å²) < 4.78 is 63.1. The molecule has 6 N–H and O–H groups in total. The van der Waals surface area contributed by atoms with Crippen LogP contribution in [-0.4, -0.2) is 41.9 Å². The average Bonchev–Trinajstić information content (AvgIpc) is 2.81. The molecule has 16 heteroatoms. The van der Waals surface area contributed by atoms with E-state index in [4.69, 9.17) is 42.1 Å². The lowest BCUT2D eigenvalue weighted by molar-refractivity contribution is -0.344. The molecule has 0 aliphatic carbocycles. The minimum absolute atomic E-state index is 0.0198. The van der Waals surface area contributed by atoms with Crippen molar-refractivity contribution in [3.63, 3.8) is 0 Å². The highest BCUT2D eigenvalue weighted by molar-refractivity contribution is 5.95. The predicted molar refractivity (Wildman–Crippen MR) is 118 cm³/mol. The second-order valence-corrected chi connectivity index (χ2v) is 7.53. The maximum absolute atomic E-state index is 11.1. The van der Waals surface area contributed by atoms with Crippen molar-refractivity contribution in [3.05, 3.63) is 70.8 Å². The van der Waals surface area contributed by atoms with Crippen LogP contribution in [0.2, 0.25) is 0 Å². The van der Waals surface area contributed by atoms with E-state index in [1.807, 2.05) is 24.3 Å². The van der Waals surface area contributed by atoms with E-state index < -0.39 is 30.3 Å². The monoisotopic (exact) mass is 563 g/mol. The summed E-state index contributed by atoms with van der Waals surface area (Å²) in [5.41, 5.74) is 14.1. The maximum Gasteiger partial charge on any atom is 0.430 e. The number of carbonyl (C=O) groups is 3. The average molecular weight is 563 g/mol. The van der Waals surface area contributed by atoms with Crippen molar-refractivity contribution in [2.75, 3.05) is 0 Å². The number of rotatable bonds is 8. The fraction of sp³-hybridized carbons (Fsp3) is 0.261. The highest BCUT2D eigenvalue weighted by Crippen LogP contribution is 2.26. The van der Waals surface area contributed by atoms with Crippen LogP contribution in [0.1, 0.15) is 41.0 Å². The van der Waals surface area contributed by atoms with Crippen molar-refractivity contribution in [2.45, 2.75) is 37.5 Å².